The predicted octanol–water partition coefficient (Wildman–Crippen LogP) is 0.0320. The first-order valence-electron chi connectivity index (χ1n) is 6.35. The Morgan fingerprint density at radius 3 is 2.89 bits per heavy atom. The second-order valence-corrected chi connectivity index (χ2v) is 7.70. The second kappa shape index (κ2) is 8.37. The highest BCUT2D eigenvalue weighted by atomic mass is 32.2. The first-order chi connectivity index (χ1) is 8.55. The van der Waals surface area contributed by atoms with E-state index in [-0.39, 0.29) is 5.37 Å². The van der Waals surface area contributed by atoms with Crippen LogP contribution in [0.1, 0.15) is 6.92 Å². The Bertz CT molecular complexity index is 322. The molecule has 1 unspecified atom stereocenters. The fourth-order valence-corrected chi connectivity index (χ4v) is 4.87. The van der Waals surface area contributed by atoms with E-state index in [4.69, 9.17) is 4.74 Å². The molecular formula is C11H24N2O3S2. The Balaban J connectivity index is 2.26. The lowest BCUT2D eigenvalue weighted by molar-refractivity contribution is 0.148. The van der Waals surface area contributed by atoms with E-state index in [0.717, 1.165) is 38.5 Å². The van der Waals surface area contributed by atoms with Crippen molar-refractivity contribution in [3.8, 4) is 0 Å². The second-order valence-electron chi connectivity index (χ2n) is 4.34. The lowest BCUT2D eigenvalue weighted by Crippen LogP contribution is -2.49. The highest BCUT2D eigenvalue weighted by Gasteiger charge is 2.30. The maximum Gasteiger partial charge on any atom is 0.164 e. The van der Waals surface area contributed by atoms with Gasteiger partial charge in [0.15, 0.2) is 9.84 Å². The largest absolute Gasteiger partial charge is 0.380 e. The van der Waals surface area contributed by atoms with Gasteiger partial charge in [-0.05, 0) is 6.92 Å². The molecule has 1 aliphatic rings. The lowest BCUT2D eigenvalue weighted by atomic mass is 10.4. The van der Waals surface area contributed by atoms with E-state index in [9.17, 15) is 8.42 Å². The average Bonchev–Trinajstić information content (AvgIpc) is 2.33. The molecule has 0 aliphatic carbocycles. The molecular weight excluding hydrogens is 272 g/mol. The van der Waals surface area contributed by atoms with Crippen molar-refractivity contribution in [1.29, 1.82) is 0 Å². The number of hydrogen-bond donors (Lipinski definition) is 1. The van der Waals surface area contributed by atoms with Gasteiger partial charge in [-0.1, -0.05) is 0 Å². The summed E-state index contributed by atoms with van der Waals surface area (Å²) in [7, 11) is -2.97. The van der Waals surface area contributed by atoms with Crippen LogP contribution in [0.25, 0.3) is 0 Å². The number of nitrogens with one attached hydrogen (secondary N) is 1. The van der Waals surface area contributed by atoms with Gasteiger partial charge < -0.3 is 10.1 Å². The smallest absolute Gasteiger partial charge is 0.164 e. The standard InChI is InChI=1S/C11H24N2O3S2/c1-3-16-8-5-12-4-6-13-7-9-17-10-11(13)18(2,14)15/h11-12H,3-10H2,1-2H3. The molecule has 0 aromatic rings. The third-order valence-electron chi connectivity index (χ3n) is 2.89. The molecule has 0 spiro atoms. The summed E-state index contributed by atoms with van der Waals surface area (Å²) in [5.74, 6) is 1.71. The maximum absolute atomic E-state index is 11.7. The number of sulfone groups is 1. The van der Waals surface area contributed by atoms with Crippen LogP contribution >= 0.6 is 11.8 Å². The zero-order chi connectivity index (χ0) is 13.4. The highest BCUT2D eigenvalue weighted by molar-refractivity contribution is 8.00. The number of thioether (sulfide) groups is 1. The van der Waals surface area contributed by atoms with Crippen LogP contribution < -0.4 is 5.32 Å². The van der Waals surface area contributed by atoms with E-state index < -0.39 is 9.84 Å². The van der Waals surface area contributed by atoms with E-state index >= 15 is 0 Å². The summed E-state index contributed by atoms with van der Waals surface area (Å²) in [6, 6.07) is 0. The van der Waals surface area contributed by atoms with Gasteiger partial charge in [-0.3, -0.25) is 4.90 Å². The van der Waals surface area contributed by atoms with Crippen LogP contribution in [-0.2, 0) is 14.6 Å². The molecule has 1 fully saturated rings. The fraction of sp³-hybridized carbons (Fsp3) is 1.00. The Kier molecular flexibility index (Phi) is 7.55. The summed E-state index contributed by atoms with van der Waals surface area (Å²) in [6.07, 6.45) is 1.33. The SMILES string of the molecule is CCOCCNCCN1CCSCC1S(C)(=O)=O. The minimum atomic E-state index is -2.97. The number of ether oxygens (including phenoxy) is 1. The summed E-state index contributed by atoms with van der Waals surface area (Å²) >= 11 is 1.72. The first kappa shape index (κ1) is 16.2. The van der Waals surface area contributed by atoms with E-state index in [1.807, 2.05) is 6.92 Å². The molecule has 1 atom stereocenters. The molecule has 7 heteroatoms. The summed E-state index contributed by atoms with van der Waals surface area (Å²) in [4.78, 5) is 2.07. The number of nitrogens with zero attached hydrogens (tertiary/aromatic N) is 1. The first-order valence-corrected chi connectivity index (χ1v) is 9.45. The van der Waals surface area contributed by atoms with Crippen molar-refractivity contribution in [3.63, 3.8) is 0 Å². The lowest BCUT2D eigenvalue weighted by Gasteiger charge is -2.33. The van der Waals surface area contributed by atoms with E-state index in [1.54, 1.807) is 11.8 Å². The zero-order valence-corrected chi connectivity index (χ0v) is 12.9. The fourth-order valence-electron chi connectivity index (χ4n) is 1.90. The van der Waals surface area contributed by atoms with Crippen LogP contribution in [0.4, 0.5) is 0 Å². The molecule has 0 amide bonds. The van der Waals surface area contributed by atoms with Crippen molar-refractivity contribution in [3.05, 3.63) is 0 Å². The Morgan fingerprint density at radius 2 is 2.22 bits per heavy atom. The van der Waals surface area contributed by atoms with Gasteiger partial charge in [-0.25, -0.2) is 8.42 Å². The van der Waals surface area contributed by atoms with Crippen LogP contribution in [0.15, 0.2) is 0 Å². The summed E-state index contributed by atoms with van der Waals surface area (Å²) < 4.78 is 28.6. The van der Waals surface area contributed by atoms with E-state index in [2.05, 4.69) is 10.2 Å². The van der Waals surface area contributed by atoms with Crippen molar-refractivity contribution >= 4 is 21.6 Å². The van der Waals surface area contributed by atoms with E-state index in [1.165, 1.54) is 6.26 Å². The van der Waals surface area contributed by atoms with Gasteiger partial charge in [0.2, 0.25) is 0 Å². The van der Waals surface area contributed by atoms with E-state index in [0.29, 0.717) is 12.4 Å². The predicted molar refractivity (Wildman–Crippen MR) is 76.9 cm³/mol. The summed E-state index contributed by atoms with van der Waals surface area (Å²) in [6.45, 7) is 6.69. The molecule has 108 valence electrons. The quantitative estimate of drug-likeness (QED) is 0.638. The highest BCUT2D eigenvalue weighted by Crippen LogP contribution is 2.19. The molecule has 1 aliphatic heterocycles. The van der Waals surface area contributed by atoms with Crippen molar-refractivity contribution in [2.24, 2.45) is 0 Å². The normalized spacial score (nSPS) is 22.2. The molecule has 5 nitrogen and oxygen atoms in total. The average molecular weight is 296 g/mol. The molecule has 1 saturated heterocycles. The van der Waals surface area contributed by atoms with Gasteiger partial charge in [-0.15, -0.1) is 0 Å². The Hall–Kier alpha value is 0.180. The molecule has 1 N–H and O–H groups in total. The van der Waals surface area contributed by atoms with Gasteiger partial charge in [0.25, 0.3) is 0 Å². The summed E-state index contributed by atoms with van der Waals surface area (Å²) in [5, 5.41) is 2.96. The van der Waals surface area contributed by atoms with Gasteiger partial charge in [0.1, 0.15) is 5.37 Å². The minimum absolute atomic E-state index is 0.315. The monoisotopic (exact) mass is 296 g/mol. The number of hydrogen-bond acceptors (Lipinski definition) is 6. The van der Waals surface area contributed by atoms with Crippen molar-refractivity contribution < 1.29 is 13.2 Å². The topological polar surface area (TPSA) is 58.6 Å². The van der Waals surface area contributed by atoms with Gasteiger partial charge in [0.05, 0.1) is 6.61 Å². The molecule has 0 aromatic carbocycles. The molecule has 1 rings (SSSR count). The van der Waals surface area contributed by atoms with Crippen molar-refractivity contribution in [2.45, 2.75) is 12.3 Å². The molecule has 0 radical (unpaired) electrons. The molecule has 0 bridgehead atoms. The molecule has 0 aromatic heterocycles. The third-order valence-corrected chi connectivity index (χ3v) is 5.57. The number of rotatable bonds is 8. The molecule has 0 saturated carbocycles. The van der Waals surface area contributed by atoms with Crippen LogP contribution in [0, 0.1) is 0 Å². The minimum Gasteiger partial charge on any atom is -0.380 e. The van der Waals surface area contributed by atoms with Crippen LogP contribution in [-0.4, -0.2) is 75.8 Å². The van der Waals surface area contributed by atoms with Gasteiger partial charge in [-0.2, -0.15) is 11.8 Å². The van der Waals surface area contributed by atoms with Crippen LogP contribution in [0.3, 0.4) is 0 Å². The van der Waals surface area contributed by atoms with Crippen molar-refractivity contribution in [2.75, 3.05) is 57.2 Å². The molecule has 18 heavy (non-hydrogen) atoms. The van der Waals surface area contributed by atoms with Crippen molar-refractivity contribution in [1.82, 2.24) is 10.2 Å². The Labute approximate surface area is 115 Å². The Morgan fingerprint density at radius 1 is 1.44 bits per heavy atom. The van der Waals surface area contributed by atoms with Gasteiger partial charge >= 0.3 is 0 Å². The summed E-state index contributed by atoms with van der Waals surface area (Å²) in [5.41, 5.74) is 0. The van der Waals surface area contributed by atoms with Crippen LogP contribution in [0.2, 0.25) is 0 Å². The maximum atomic E-state index is 11.7. The molecule has 1 heterocycles. The van der Waals surface area contributed by atoms with Crippen LogP contribution in [0.5, 0.6) is 0 Å². The van der Waals surface area contributed by atoms with Gasteiger partial charge in [0, 0.05) is 50.5 Å². The zero-order valence-electron chi connectivity index (χ0n) is 11.2. The third kappa shape index (κ3) is 5.88.